The summed E-state index contributed by atoms with van der Waals surface area (Å²) in [5.41, 5.74) is -0.900. The van der Waals surface area contributed by atoms with Gasteiger partial charge in [-0.1, -0.05) is 12.1 Å². The fourth-order valence-corrected chi connectivity index (χ4v) is 2.36. The maximum atomic E-state index is 13.7. The smallest absolute Gasteiger partial charge is 0.399 e. The van der Waals surface area contributed by atoms with Crippen LogP contribution in [0.4, 0.5) is 4.39 Å². The van der Waals surface area contributed by atoms with Crippen LogP contribution in [0.2, 0.25) is 0 Å². The third-order valence-corrected chi connectivity index (χ3v) is 4.36. The maximum absolute atomic E-state index is 13.7. The van der Waals surface area contributed by atoms with Gasteiger partial charge in [-0.25, -0.2) is 4.39 Å². The fraction of sp³-hybridized carbons (Fsp3) is 0.400. The third kappa shape index (κ3) is 2.19. The molecule has 0 saturated carbocycles. The van der Waals surface area contributed by atoms with Gasteiger partial charge in [0.1, 0.15) is 5.82 Å². The molecule has 0 spiro atoms. The van der Waals surface area contributed by atoms with E-state index >= 15 is 0 Å². The van der Waals surface area contributed by atoms with Crippen molar-refractivity contribution in [1.82, 2.24) is 4.98 Å². The first-order chi connectivity index (χ1) is 9.71. The number of hydrogen-bond donors (Lipinski definition) is 1. The van der Waals surface area contributed by atoms with E-state index < -0.39 is 29.7 Å². The minimum absolute atomic E-state index is 0.197. The van der Waals surface area contributed by atoms with E-state index in [1.165, 1.54) is 6.07 Å². The lowest BCUT2D eigenvalue weighted by atomic mass is 9.79. The molecule has 3 rings (SSSR count). The van der Waals surface area contributed by atoms with Crippen molar-refractivity contribution in [2.45, 2.75) is 38.9 Å². The van der Waals surface area contributed by atoms with Crippen LogP contribution >= 0.6 is 0 Å². The molecule has 6 heteroatoms. The Bertz CT molecular complexity index is 753. The zero-order chi connectivity index (χ0) is 15.4. The Hall–Kier alpha value is -1.66. The number of para-hydroxylation sites is 1. The molecule has 1 aliphatic rings. The number of benzene rings is 1. The molecule has 1 aromatic carbocycles. The molecule has 1 N–H and O–H groups in total. The molecule has 110 valence electrons. The molecule has 0 bridgehead atoms. The minimum Gasteiger partial charge on any atom is -0.399 e. The standard InChI is InChI=1S/C15H17BFNO3/c1-14(2)15(3,4)21-16(20-14)10-8-9-6-5-7-11(17)12(9)18-13(10)19/h5-8H,1-4H3,(H,18,19). The molecule has 1 aromatic heterocycles. The van der Waals surface area contributed by atoms with Crippen molar-refractivity contribution in [1.29, 1.82) is 0 Å². The Morgan fingerprint density at radius 1 is 1.14 bits per heavy atom. The van der Waals surface area contributed by atoms with E-state index in [2.05, 4.69) is 4.98 Å². The molecule has 0 radical (unpaired) electrons. The van der Waals surface area contributed by atoms with Crippen LogP contribution in [-0.4, -0.2) is 23.3 Å². The molecule has 2 heterocycles. The van der Waals surface area contributed by atoms with Crippen LogP contribution in [0.15, 0.2) is 29.1 Å². The van der Waals surface area contributed by atoms with E-state index in [-0.39, 0.29) is 5.52 Å². The predicted octanol–water partition coefficient (Wildman–Crippen LogP) is 1.97. The van der Waals surface area contributed by atoms with Gasteiger partial charge in [0.2, 0.25) is 5.56 Å². The van der Waals surface area contributed by atoms with E-state index in [1.807, 2.05) is 27.7 Å². The fourth-order valence-electron chi connectivity index (χ4n) is 2.36. The lowest BCUT2D eigenvalue weighted by Gasteiger charge is -2.32. The summed E-state index contributed by atoms with van der Waals surface area (Å²) in [6.45, 7) is 7.67. The monoisotopic (exact) mass is 289 g/mol. The lowest BCUT2D eigenvalue weighted by Crippen LogP contribution is -2.44. The second-order valence-corrected chi connectivity index (χ2v) is 6.35. The Morgan fingerprint density at radius 2 is 1.76 bits per heavy atom. The number of aromatic nitrogens is 1. The highest BCUT2D eigenvalue weighted by Crippen LogP contribution is 2.36. The first kappa shape index (κ1) is 14.3. The van der Waals surface area contributed by atoms with Crippen molar-refractivity contribution < 1.29 is 13.7 Å². The van der Waals surface area contributed by atoms with Crippen LogP contribution in [0.3, 0.4) is 0 Å². The highest BCUT2D eigenvalue weighted by atomic mass is 19.1. The normalized spacial score (nSPS) is 20.1. The van der Waals surface area contributed by atoms with Gasteiger partial charge >= 0.3 is 7.12 Å². The van der Waals surface area contributed by atoms with Crippen LogP contribution in [-0.2, 0) is 9.31 Å². The Kier molecular flexibility index (Phi) is 3.01. The highest BCUT2D eigenvalue weighted by molar-refractivity contribution is 6.62. The largest absolute Gasteiger partial charge is 0.500 e. The van der Waals surface area contributed by atoms with Gasteiger partial charge in [0, 0.05) is 10.8 Å². The van der Waals surface area contributed by atoms with Gasteiger partial charge in [-0.2, -0.15) is 0 Å². The molecular weight excluding hydrogens is 272 g/mol. The number of fused-ring (bicyclic) bond motifs is 1. The molecule has 0 amide bonds. The van der Waals surface area contributed by atoms with Crippen LogP contribution in [0.1, 0.15) is 27.7 Å². The number of aromatic amines is 1. The lowest BCUT2D eigenvalue weighted by molar-refractivity contribution is 0.00578. The van der Waals surface area contributed by atoms with Crippen molar-refractivity contribution in [3.8, 4) is 0 Å². The van der Waals surface area contributed by atoms with Crippen molar-refractivity contribution in [3.63, 3.8) is 0 Å². The molecule has 0 atom stereocenters. The quantitative estimate of drug-likeness (QED) is 0.817. The van der Waals surface area contributed by atoms with Gasteiger partial charge in [-0.05, 0) is 39.8 Å². The van der Waals surface area contributed by atoms with E-state index in [9.17, 15) is 9.18 Å². The zero-order valence-electron chi connectivity index (χ0n) is 12.5. The summed E-state index contributed by atoms with van der Waals surface area (Å²) < 4.78 is 25.4. The van der Waals surface area contributed by atoms with Crippen LogP contribution in [0, 0.1) is 5.82 Å². The number of hydrogen-bond acceptors (Lipinski definition) is 3. The SMILES string of the molecule is CC1(C)OB(c2cc3cccc(F)c3[nH]c2=O)OC1(C)C. The first-order valence-electron chi connectivity index (χ1n) is 6.88. The van der Waals surface area contributed by atoms with Gasteiger partial charge < -0.3 is 14.3 Å². The van der Waals surface area contributed by atoms with Gasteiger partial charge in [0.25, 0.3) is 0 Å². The number of nitrogens with one attached hydrogen (secondary N) is 1. The second-order valence-electron chi connectivity index (χ2n) is 6.35. The Balaban J connectivity index is 2.11. The number of halogens is 1. The molecule has 2 aromatic rings. The predicted molar refractivity (Wildman–Crippen MR) is 80.2 cm³/mol. The molecule has 1 aliphatic heterocycles. The van der Waals surface area contributed by atoms with E-state index in [0.717, 1.165) is 0 Å². The summed E-state index contributed by atoms with van der Waals surface area (Å²) in [5, 5.41) is 0.610. The molecule has 0 aliphatic carbocycles. The third-order valence-electron chi connectivity index (χ3n) is 4.36. The van der Waals surface area contributed by atoms with E-state index in [0.29, 0.717) is 10.8 Å². The minimum atomic E-state index is -0.758. The molecule has 1 fully saturated rings. The summed E-state index contributed by atoms with van der Waals surface area (Å²) in [5.74, 6) is -0.454. The van der Waals surface area contributed by atoms with Gasteiger partial charge in [0.15, 0.2) is 0 Å². The number of rotatable bonds is 1. The van der Waals surface area contributed by atoms with E-state index in [1.54, 1.807) is 18.2 Å². The summed E-state index contributed by atoms with van der Waals surface area (Å²) in [6, 6.07) is 6.28. The zero-order valence-corrected chi connectivity index (χ0v) is 12.5. The van der Waals surface area contributed by atoms with Crippen LogP contribution in [0.5, 0.6) is 0 Å². The average Bonchev–Trinajstić information content (AvgIpc) is 2.59. The highest BCUT2D eigenvalue weighted by Gasteiger charge is 2.52. The first-order valence-corrected chi connectivity index (χ1v) is 6.88. The molecule has 1 saturated heterocycles. The molecule has 0 unspecified atom stereocenters. The van der Waals surface area contributed by atoms with Crippen molar-refractivity contribution in [2.75, 3.05) is 0 Å². The summed E-state index contributed by atoms with van der Waals surface area (Å²) in [4.78, 5) is 14.8. The molecule has 4 nitrogen and oxygen atoms in total. The van der Waals surface area contributed by atoms with E-state index in [4.69, 9.17) is 9.31 Å². The topological polar surface area (TPSA) is 51.3 Å². The maximum Gasteiger partial charge on any atom is 0.500 e. The summed E-state index contributed by atoms with van der Waals surface area (Å²) in [7, 11) is -0.758. The van der Waals surface area contributed by atoms with Gasteiger partial charge in [-0.3, -0.25) is 4.79 Å². The van der Waals surface area contributed by atoms with Gasteiger partial charge in [0.05, 0.1) is 16.7 Å². The van der Waals surface area contributed by atoms with Crippen molar-refractivity contribution in [3.05, 3.63) is 40.4 Å². The molecular formula is C15H17BFNO3. The Labute approximate surface area is 122 Å². The van der Waals surface area contributed by atoms with Gasteiger partial charge in [-0.15, -0.1) is 0 Å². The van der Waals surface area contributed by atoms with Crippen molar-refractivity contribution >= 4 is 23.5 Å². The van der Waals surface area contributed by atoms with Crippen LogP contribution in [0.25, 0.3) is 10.9 Å². The summed E-state index contributed by atoms with van der Waals surface area (Å²) in [6.07, 6.45) is 0. The number of H-pyrrole nitrogens is 1. The van der Waals surface area contributed by atoms with Crippen molar-refractivity contribution in [2.24, 2.45) is 0 Å². The average molecular weight is 289 g/mol. The summed E-state index contributed by atoms with van der Waals surface area (Å²) >= 11 is 0. The number of pyridine rings is 1. The Morgan fingerprint density at radius 3 is 2.38 bits per heavy atom. The van der Waals surface area contributed by atoms with Crippen LogP contribution < -0.4 is 11.0 Å². The molecule has 21 heavy (non-hydrogen) atoms. The second kappa shape index (κ2) is 4.42.